The summed E-state index contributed by atoms with van der Waals surface area (Å²) < 4.78 is 0. The zero-order valence-electron chi connectivity index (χ0n) is 13.4. The molecule has 0 aromatic heterocycles. The molecule has 2 rings (SSSR count). The molecule has 1 atom stereocenters. The van der Waals surface area contributed by atoms with Crippen LogP contribution < -0.4 is 5.32 Å². The van der Waals surface area contributed by atoms with Crippen LogP contribution in [0, 0.1) is 6.92 Å². The summed E-state index contributed by atoms with van der Waals surface area (Å²) in [5.74, 6) is 0.163. The molecular formula is C19H21NO2S. The van der Waals surface area contributed by atoms with Gasteiger partial charge >= 0.3 is 0 Å². The fourth-order valence-corrected chi connectivity index (χ4v) is 2.88. The van der Waals surface area contributed by atoms with E-state index >= 15 is 0 Å². The zero-order valence-corrected chi connectivity index (χ0v) is 14.2. The summed E-state index contributed by atoms with van der Waals surface area (Å²) in [7, 11) is 0. The third-order valence-electron chi connectivity index (χ3n) is 3.50. The number of carbonyl (C=O) groups is 2. The first-order valence-corrected chi connectivity index (χ1v) is 8.56. The van der Waals surface area contributed by atoms with Gasteiger partial charge in [-0.15, -0.1) is 11.8 Å². The van der Waals surface area contributed by atoms with Crippen molar-refractivity contribution in [3.8, 4) is 0 Å². The summed E-state index contributed by atoms with van der Waals surface area (Å²) in [5.41, 5.74) is 2.23. The molecule has 3 nitrogen and oxygen atoms in total. The molecule has 2 aromatic rings. The molecule has 0 aliphatic heterocycles. The molecule has 23 heavy (non-hydrogen) atoms. The number of hydrogen-bond acceptors (Lipinski definition) is 3. The lowest BCUT2D eigenvalue weighted by molar-refractivity contribution is -0.125. The number of amides is 1. The first-order valence-electron chi connectivity index (χ1n) is 7.58. The number of nitrogens with one attached hydrogen (secondary N) is 1. The largest absolute Gasteiger partial charge is 0.345 e. The van der Waals surface area contributed by atoms with Crippen molar-refractivity contribution in [3.63, 3.8) is 0 Å². The lowest BCUT2D eigenvalue weighted by atomic mass is 10.0. The molecule has 0 fully saturated rings. The molecule has 4 heteroatoms. The predicted octanol–water partition coefficient (Wildman–Crippen LogP) is 3.40. The monoisotopic (exact) mass is 327 g/mol. The number of carbonyl (C=O) groups excluding carboxylic acids is 2. The van der Waals surface area contributed by atoms with Gasteiger partial charge in [0.25, 0.3) is 0 Å². The molecule has 0 spiro atoms. The molecular weight excluding hydrogens is 306 g/mol. The fraction of sp³-hybridized carbons (Fsp3) is 0.263. The smallest absolute Gasteiger partial charge is 0.230 e. The van der Waals surface area contributed by atoms with Crippen molar-refractivity contribution in [3.05, 3.63) is 65.7 Å². The summed E-state index contributed by atoms with van der Waals surface area (Å²) >= 11 is 1.47. The molecule has 0 heterocycles. The average Bonchev–Trinajstić information content (AvgIpc) is 2.54. The maximum Gasteiger partial charge on any atom is 0.230 e. The Morgan fingerprint density at radius 1 is 1.04 bits per heavy atom. The van der Waals surface area contributed by atoms with Gasteiger partial charge in [0.05, 0.1) is 11.8 Å². The van der Waals surface area contributed by atoms with E-state index in [1.165, 1.54) is 24.2 Å². The number of benzene rings is 2. The third-order valence-corrected chi connectivity index (χ3v) is 4.51. The summed E-state index contributed by atoms with van der Waals surface area (Å²) in [6.45, 7) is 3.54. The van der Waals surface area contributed by atoms with Gasteiger partial charge in [-0.3, -0.25) is 9.59 Å². The number of hydrogen-bond donors (Lipinski definition) is 1. The summed E-state index contributed by atoms with van der Waals surface area (Å²) in [6.07, 6.45) is 0.525. The van der Waals surface area contributed by atoms with Crippen LogP contribution >= 0.6 is 11.8 Å². The summed E-state index contributed by atoms with van der Waals surface area (Å²) in [6, 6.07) is 17.3. The van der Waals surface area contributed by atoms with Crippen LogP contribution in [0.1, 0.15) is 18.1 Å². The first kappa shape index (κ1) is 17.3. The van der Waals surface area contributed by atoms with Crippen LogP contribution in [-0.2, 0) is 16.0 Å². The second-order valence-corrected chi connectivity index (χ2v) is 6.57. The number of Topliss-reactive ketones (excluding diaryl/α,β-unsaturated/α-hetero) is 1. The highest BCUT2D eigenvalue weighted by Gasteiger charge is 2.17. The van der Waals surface area contributed by atoms with E-state index in [9.17, 15) is 9.59 Å². The number of ketones is 1. The van der Waals surface area contributed by atoms with Gasteiger partial charge in [-0.2, -0.15) is 0 Å². The molecule has 0 saturated carbocycles. The topological polar surface area (TPSA) is 46.2 Å². The zero-order chi connectivity index (χ0) is 16.7. The van der Waals surface area contributed by atoms with Crippen molar-refractivity contribution in [2.24, 2.45) is 0 Å². The molecule has 2 aromatic carbocycles. The van der Waals surface area contributed by atoms with Crippen molar-refractivity contribution in [2.45, 2.75) is 31.2 Å². The highest BCUT2D eigenvalue weighted by molar-refractivity contribution is 8.00. The van der Waals surface area contributed by atoms with Crippen molar-refractivity contribution in [2.75, 3.05) is 5.75 Å². The Kier molecular flexibility index (Phi) is 6.41. The van der Waals surface area contributed by atoms with Crippen LogP contribution in [0.4, 0.5) is 0 Å². The molecule has 0 unspecified atom stereocenters. The maximum absolute atomic E-state index is 12.1. The van der Waals surface area contributed by atoms with Gasteiger partial charge in [-0.05, 0) is 38.0 Å². The van der Waals surface area contributed by atoms with Gasteiger partial charge in [-0.25, -0.2) is 0 Å². The Balaban J connectivity index is 1.88. The SMILES string of the molecule is CC(=O)[C@H](Cc1ccccc1)NC(=O)CSc1ccc(C)cc1. The van der Waals surface area contributed by atoms with Gasteiger partial charge in [-0.1, -0.05) is 48.0 Å². The van der Waals surface area contributed by atoms with E-state index in [0.29, 0.717) is 12.2 Å². The van der Waals surface area contributed by atoms with E-state index in [1.54, 1.807) is 0 Å². The van der Waals surface area contributed by atoms with Gasteiger partial charge in [0.15, 0.2) is 5.78 Å². The number of aryl methyl sites for hydroxylation is 1. The Labute approximate surface area is 141 Å². The third kappa shape index (κ3) is 5.91. The molecule has 0 saturated heterocycles. The van der Waals surface area contributed by atoms with Crippen LogP contribution in [0.2, 0.25) is 0 Å². The predicted molar refractivity (Wildman–Crippen MR) is 94.7 cm³/mol. The van der Waals surface area contributed by atoms with Crippen molar-refractivity contribution in [1.29, 1.82) is 0 Å². The standard InChI is InChI=1S/C19H21NO2S/c1-14-8-10-17(11-9-14)23-13-19(22)20-18(15(2)21)12-16-6-4-3-5-7-16/h3-11,18H,12-13H2,1-2H3,(H,20,22)/t18-/m0/s1. The Morgan fingerprint density at radius 2 is 1.70 bits per heavy atom. The Bertz CT molecular complexity index is 653. The molecule has 1 amide bonds. The van der Waals surface area contributed by atoms with Crippen molar-refractivity contribution < 1.29 is 9.59 Å². The van der Waals surface area contributed by atoms with Gasteiger partial charge in [0, 0.05) is 4.90 Å². The minimum atomic E-state index is -0.469. The first-order chi connectivity index (χ1) is 11.0. The summed E-state index contributed by atoms with van der Waals surface area (Å²) in [5, 5.41) is 2.84. The lowest BCUT2D eigenvalue weighted by Gasteiger charge is -2.16. The molecule has 0 aliphatic rings. The van der Waals surface area contributed by atoms with Gasteiger partial charge < -0.3 is 5.32 Å². The molecule has 120 valence electrons. The van der Waals surface area contributed by atoms with E-state index in [0.717, 1.165) is 10.5 Å². The quantitative estimate of drug-likeness (QED) is 0.793. The van der Waals surface area contributed by atoms with Crippen LogP contribution in [0.3, 0.4) is 0 Å². The summed E-state index contributed by atoms with van der Waals surface area (Å²) in [4.78, 5) is 24.9. The van der Waals surface area contributed by atoms with Gasteiger partial charge in [0.1, 0.15) is 0 Å². The van der Waals surface area contributed by atoms with Crippen LogP contribution in [-0.4, -0.2) is 23.5 Å². The second-order valence-electron chi connectivity index (χ2n) is 5.52. The molecule has 0 radical (unpaired) electrons. The van der Waals surface area contributed by atoms with Crippen LogP contribution in [0.15, 0.2) is 59.5 Å². The normalized spacial score (nSPS) is 11.7. The van der Waals surface area contributed by atoms with Crippen LogP contribution in [0.5, 0.6) is 0 Å². The highest BCUT2D eigenvalue weighted by Crippen LogP contribution is 2.18. The van der Waals surface area contributed by atoms with Crippen LogP contribution in [0.25, 0.3) is 0 Å². The van der Waals surface area contributed by atoms with E-state index in [-0.39, 0.29) is 11.7 Å². The Hall–Kier alpha value is -2.07. The highest BCUT2D eigenvalue weighted by atomic mass is 32.2. The minimum absolute atomic E-state index is 0.0254. The fourth-order valence-electron chi connectivity index (χ4n) is 2.17. The number of thioether (sulfide) groups is 1. The average molecular weight is 327 g/mol. The van der Waals surface area contributed by atoms with E-state index in [4.69, 9.17) is 0 Å². The van der Waals surface area contributed by atoms with E-state index < -0.39 is 6.04 Å². The lowest BCUT2D eigenvalue weighted by Crippen LogP contribution is -2.42. The van der Waals surface area contributed by atoms with E-state index in [1.807, 2.05) is 61.5 Å². The van der Waals surface area contributed by atoms with Gasteiger partial charge in [0.2, 0.25) is 5.91 Å². The van der Waals surface area contributed by atoms with E-state index in [2.05, 4.69) is 5.32 Å². The minimum Gasteiger partial charge on any atom is -0.345 e. The van der Waals surface area contributed by atoms with Crippen molar-refractivity contribution >= 4 is 23.5 Å². The second kappa shape index (κ2) is 8.53. The van der Waals surface area contributed by atoms with Crippen molar-refractivity contribution in [1.82, 2.24) is 5.32 Å². The molecule has 0 bridgehead atoms. The Morgan fingerprint density at radius 3 is 2.30 bits per heavy atom. The molecule has 0 aliphatic carbocycles. The number of rotatable bonds is 7. The maximum atomic E-state index is 12.1. The molecule has 1 N–H and O–H groups in total.